The summed E-state index contributed by atoms with van der Waals surface area (Å²) in [5, 5.41) is 8.87. The van der Waals surface area contributed by atoms with E-state index in [0.717, 1.165) is 6.42 Å². The monoisotopic (exact) mass is 206 g/mol. The molecule has 1 aromatic rings. The Labute approximate surface area is 93.1 Å². The van der Waals surface area contributed by atoms with Gasteiger partial charge in [0.2, 0.25) is 0 Å². The molecule has 1 nitrogen and oxygen atoms in total. The number of aliphatic hydroxyl groups excluding tert-OH is 1. The zero-order chi connectivity index (χ0) is 10.9. The van der Waals surface area contributed by atoms with Crippen molar-refractivity contribution in [2.45, 2.75) is 39.0 Å². The van der Waals surface area contributed by atoms with Crippen molar-refractivity contribution >= 4 is 0 Å². The van der Waals surface area contributed by atoms with Crippen LogP contribution < -0.4 is 0 Å². The summed E-state index contributed by atoms with van der Waals surface area (Å²) in [6.45, 7) is 2.44. The van der Waals surface area contributed by atoms with Gasteiger partial charge in [-0.05, 0) is 30.7 Å². The van der Waals surface area contributed by atoms with Crippen molar-refractivity contribution < 1.29 is 5.11 Å². The van der Waals surface area contributed by atoms with Crippen LogP contribution in [0.25, 0.3) is 0 Å². The zero-order valence-electron chi connectivity index (χ0n) is 9.65. The first kappa shape index (κ1) is 12.3. The van der Waals surface area contributed by atoms with Gasteiger partial charge in [-0.25, -0.2) is 0 Å². The van der Waals surface area contributed by atoms with Crippen molar-refractivity contribution in [3.8, 4) is 0 Å². The van der Waals surface area contributed by atoms with Gasteiger partial charge in [0.15, 0.2) is 0 Å². The summed E-state index contributed by atoms with van der Waals surface area (Å²) < 4.78 is 0. The normalized spacial score (nSPS) is 12.7. The topological polar surface area (TPSA) is 20.2 Å². The first-order valence-electron chi connectivity index (χ1n) is 5.97. The molecule has 1 aromatic carbocycles. The van der Waals surface area contributed by atoms with E-state index < -0.39 is 0 Å². The second-order valence-electron chi connectivity index (χ2n) is 4.37. The molecular formula is C14H22O. The molecule has 0 saturated carbocycles. The lowest BCUT2D eigenvalue weighted by molar-refractivity contribution is 0.227. The van der Waals surface area contributed by atoms with Gasteiger partial charge >= 0.3 is 0 Å². The Hall–Kier alpha value is -0.820. The Bertz CT molecular complexity index is 243. The lowest BCUT2D eigenvalue weighted by Crippen LogP contribution is -1.99. The lowest BCUT2D eigenvalue weighted by Gasteiger charge is -2.06. The van der Waals surface area contributed by atoms with Crippen LogP contribution in [-0.4, -0.2) is 11.7 Å². The number of benzene rings is 1. The summed E-state index contributed by atoms with van der Waals surface area (Å²) >= 11 is 0. The maximum Gasteiger partial charge on any atom is 0.0456 e. The fraction of sp³-hybridized carbons (Fsp3) is 0.571. The van der Waals surface area contributed by atoms with E-state index in [-0.39, 0.29) is 0 Å². The summed E-state index contributed by atoms with van der Waals surface area (Å²) in [5.41, 5.74) is 1.44. The summed E-state index contributed by atoms with van der Waals surface area (Å²) in [6.07, 6.45) is 6.13. The third-order valence-electron chi connectivity index (χ3n) is 2.82. The average molecular weight is 206 g/mol. The van der Waals surface area contributed by atoms with Crippen LogP contribution in [0.5, 0.6) is 0 Å². The van der Waals surface area contributed by atoms with Gasteiger partial charge in [-0.2, -0.15) is 0 Å². The Balaban J connectivity index is 2.03. The molecule has 0 aliphatic rings. The predicted octanol–water partition coefficient (Wildman–Crippen LogP) is 3.42. The van der Waals surface area contributed by atoms with Crippen LogP contribution in [0.15, 0.2) is 30.3 Å². The minimum atomic E-state index is 0.332. The van der Waals surface area contributed by atoms with E-state index in [1.807, 2.05) is 0 Å². The third kappa shape index (κ3) is 5.58. The zero-order valence-corrected chi connectivity index (χ0v) is 9.65. The average Bonchev–Trinajstić information content (AvgIpc) is 2.29. The van der Waals surface area contributed by atoms with Crippen LogP contribution in [0, 0.1) is 5.92 Å². The van der Waals surface area contributed by atoms with Crippen molar-refractivity contribution in [3.63, 3.8) is 0 Å². The van der Waals surface area contributed by atoms with E-state index in [1.165, 1.54) is 31.2 Å². The van der Waals surface area contributed by atoms with E-state index >= 15 is 0 Å². The molecule has 1 heteroatoms. The second-order valence-corrected chi connectivity index (χ2v) is 4.37. The highest BCUT2D eigenvalue weighted by atomic mass is 16.3. The smallest absolute Gasteiger partial charge is 0.0456 e. The van der Waals surface area contributed by atoms with Crippen molar-refractivity contribution in [1.82, 2.24) is 0 Å². The van der Waals surface area contributed by atoms with Gasteiger partial charge in [-0.3, -0.25) is 0 Å². The molecule has 1 N–H and O–H groups in total. The third-order valence-corrected chi connectivity index (χ3v) is 2.82. The molecule has 0 saturated heterocycles. The van der Waals surface area contributed by atoms with E-state index in [4.69, 9.17) is 5.11 Å². The van der Waals surface area contributed by atoms with Crippen molar-refractivity contribution in [2.24, 2.45) is 5.92 Å². The molecule has 0 amide bonds. The quantitative estimate of drug-likeness (QED) is 0.678. The molecule has 0 aromatic heterocycles. The van der Waals surface area contributed by atoms with Gasteiger partial charge in [0.05, 0.1) is 0 Å². The molecule has 0 radical (unpaired) electrons. The Kier molecular flexibility index (Phi) is 6.10. The van der Waals surface area contributed by atoms with Gasteiger partial charge in [-0.15, -0.1) is 0 Å². The van der Waals surface area contributed by atoms with Crippen molar-refractivity contribution in [1.29, 1.82) is 0 Å². The van der Waals surface area contributed by atoms with E-state index in [0.29, 0.717) is 12.5 Å². The maximum atomic E-state index is 8.87. The van der Waals surface area contributed by atoms with Gasteiger partial charge in [0.25, 0.3) is 0 Å². The highest BCUT2D eigenvalue weighted by molar-refractivity contribution is 5.14. The molecule has 1 atom stereocenters. The highest BCUT2D eigenvalue weighted by Gasteiger charge is 1.99. The Morgan fingerprint density at radius 3 is 2.47 bits per heavy atom. The molecule has 0 heterocycles. The van der Waals surface area contributed by atoms with E-state index in [9.17, 15) is 0 Å². The van der Waals surface area contributed by atoms with Gasteiger partial charge in [0, 0.05) is 6.61 Å². The van der Waals surface area contributed by atoms with Gasteiger partial charge in [0.1, 0.15) is 0 Å². The second kappa shape index (κ2) is 7.47. The predicted molar refractivity (Wildman–Crippen MR) is 64.9 cm³/mol. The molecule has 0 fully saturated rings. The fourth-order valence-electron chi connectivity index (χ4n) is 1.73. The van der Waals surface area contributed by atoms with E-state index in [1.54, 1.807) is 0 Å². The largest absolute Gasteiger partial charge is 0.396 e. The van der Waals surface area contributed by atoms with Gasteiger partial charge in [-0.1, -0.05) is 50.1 Å². The minimum Gasteiger partial charge on any atom is -0.396 e. The summed E-state index contributed by atoms with van der Waals surface area (Å²) in [5.74, 6) is 0.474. The molecule has 0 aliphatic carbocycles. The van der Waals surface area contributed by atoms with Crippen LogP contribution in [-0.2, 0) is 6.42 Å². The number of aryl methyl sites for hydroxylation is 1. The molecule has 0 aliphatic heterocycles. The van der Waals surface area contributed by atoms with Crippen LogP contribution in [0.1, 0.15) is 38.2 Å². The summed E-state index contributed by atoms with van der Waals surface area (Å²) in [7, 11) is 0. The minimum absolute atomic E-state index is 0.332. The Morgan fingerprint density at radius 2 is 1.80 bits per heavy atom. The lowest BCUT2D eigenvalue weighted by atomic mass is 10.0. The number of rotatable bonds is 7. The number of hydrogen-bond donors (Lipinski definition) is 1. The molecule has 0 spiro atoms. The molecule has 1 unspecified atom stereocenters. The molecular weight excluding hydrogens is 184 g/mol. The number of aliphatic hydroxyl groups is 1. The fourth-order valence-corrected chi connectivity index (χ4v) is 1.73. The molecule has 84 valence electrons. The first-order valence-corrected chi connectivity index (χ1v) is 5.97. The van der Waals surface area contributed by atoms with Crippen LogP contribution in [0.2, 0.25) is 0 Å². The van der Waals surface area contributed by atoms with Crippen molar-refractivity contribution in [2.75, 3.05) is 6.61 Å². The molecule has 15 heavy (non-hydrogen) atoms. The van der Waals surface area contributed by atoms with Crippen LogP contribution in [0.3, 0.4) is 0 Å². The highest BCUT2D eigenvalue weighted by Crippen LogP contribution is 2.11. The molecule has 1 rings (SSSR count). The maximum absolute atomic E-state index is 8.87. The summed E-state index contributed by atoms with van der Waals surface area (Å²) in [6, 6.07) is 10.6. The van der Waals surface area contributed by atoms with Crippen LogP contribution in [0.4, 0.5) is 0 Å². The standard InChI is InChI=1S/C14H22O/c1-13(12-15)8-4-2-5-9-14-10-6-3-7-11-14/h3,6-7,10-11,13,15H,2,4-5,8-9,12H2,1H3. The SMILES string of the molecule is CC(CO)CCCCCc1ccccc1. The Morgan fingerprint density at radius 1 is 1.07 bits per heavy atom. The van der Waals surface area contributed by atoms with E-state index in [2.05, 4.69) is 37.3 Å². The summed E-state index contributed by atoms with van der Waals surface area (Å²) in [4.78, 5) is 0. The number of hydrogen-bond acceptors (Lipinski definition) is 1. The van der Waals surface area contributed by atoms with Crippen LogP contribution >= 0.6 is 0 Å². The molecule has 0 bridgehead atoms. The first-order chi connectivity index (χ1) is 7.33. The van der Waals surface area contributed by atoms with Gasteiger partial charge < -0.3 is 5.11 Å². The number of unbranched alkanes of at least 4 members (excludes halogenated alkanes) is 2. The van der Waals surface area contributed by atoms with Crippen molar-refractivity contribution in [3.05, 3.63) is 35.9 Å².